The standard InChI is InChI=1S/C12H12.C7H16O/c1-9-5-3-8-12-10(2)6-4-7-11(9)12;1-6(2,3)7(4,5)8/h3-8H,1-2H3;8H,1-5H3. The molecule has 0 saturated carbocycles. The molecular formula is C19H28O. The molecule has 2 aromatic rings. The molecule has 1 nitrogen and oxygen atoms in total. The number of aliphatic hydroxyl groups is 1. The van der Waals surface area contributed by atoms with E-state index in [1.807, 2.05) is 34.6 Å². The third kappa shape index (κ3) is 4.08. The van der Waals surface area contributed by atoms with E-state index in [0.29, 0.717) is 0 Å². The molecule has 0 aliphatic rings. The Labute approximate surface area is 123 Å². The monoisotopic (exact) mass is 272 g/mol. The summed E-state index contributed by atoms with van der Waals surface area (Å²) in [5, 5.41) is 12.1. The van der Waals surface area contributed by atoms with Crippen molar-refractivity contribution in [2.45, 2.75) is 54.1 Å². The van der Waals surface area contributed by atoms with E-state index >= 15 is 0 Å². The van der Waals surface area contributed by atoms with Gasteiger partial charge in [-0.3, -0.25) is 0 Å². The molecule has 0 aromatic heterocycles. The lowest BCUT2D eigenvalue weighted by Crippen LogP contribution is -2.35. The molecule has 0 aliphatic heterocycles. The van der Waals surface area contributed by atoms with Gasteiger partial charge in [0.25, 0.3) is 0 Å². The van der Waals surface area contributed by atoms with Gasteiger partial charge >= 0.3 is 0 Å². The molecule has 20 heavy (non-hydrogen) atoms. The molecule has 0 spiro atoms. The van der Waals surface area contributed by atoms with E-state index in [4.69, 9.17) is 0 Å². The third-order valence-corrected chi connectivity index (χ3v) is 4.19. The van der Waals surface area contributed by atoms with Crippen molar-refractivity contribution in [3.8, 4) is 0 Å². The Hall–Kier alpha value is -1.34. The fourth-order valence-corrected chi connectivity index (χ4v) is 1.62. The zero-order valence-corrected chi connectivity index (χ0v) is 13.9. The molecule has 110 valence electrons. The van der Waals surface area contributed by atoms with Gasteiger partial charge in [-0.05, 0) is 55.0 Å². The first kappa shape index (κ1) is 16.7. The molecule has 0 aliphatic carbocycles. The zero-order chi connectivity index (χ0) is 15.6. The van der Waals surface area contributed by atoms with Gasteiger partial charge in [-0.2, -0.15) is 0 Å². The van der Waals surface area contributed by atoms with Gasteiger partial charge in [0.1, 0.15) is 0 Å². The first-order valence-corrected chi connectivity index (χ1v) is 7.21. The summed E-state index contributed by atoms with van der Waals surface area (Å²) in [4.78, 5) is 0. The van der Waals surface area contributed by atoms with Crippen LogP contribution in [-0.4, -0.2) is 10.7 Å². The van der Waals surface area contributed by atoms with Crippen molar-refractivity contribution < 1.29 is 5.11 Å². The molecule has 0 fully saturated rings. The van der Waals surface area contributed by atoms with Gasteiger partial charge in [0.15, 0.2) is 0 Å². The predicted molar refractivity (Wildman–Crippen MR) is 89.2 cm³/mol. The van der Waals surface area contributed by atoms with Crippen molar-refractivity contribution >= 4 is 10.8 Å². The summed E-state index contributed by atoms with van der Waals surface area (Å²) in [5.41, 5.74) is 2.15. The fraction of sp³-hybridized carbons (Fsp3) is 0.474. The van der Waals surface area contributed by atoms with Crippen molar-refractivity contribution in [2.75, 3.05) is 0 Å². The Kier molecular flexibility index (Phi) is 4.99. The van der Waals surface area contributed by atoms with Crippen molar-refractivity contribution in [1.29, 1.82) is 0 Å². The number of fused-ring (bicyclic) bond motifs is 1. The van der Waals surface area contributed by atoms with Crippen LogP contribution in [0.5, 0.6) is 0 Å². The van der Waals surface area contributed by atoms with Crippen molar-refractivity contribution in [3.05, 3.63) is 47.5 Å². The maximum Gasteiger partial charge on any atom is 0.0639 e. The smallest absolute Gasteiger partial charge is 0.0639 e. The van der Waals surface area contributed by atoms with Gasteiger partial charge in [-0.25, -0.2) is 0 Å². The van der Waals surface area contributed by atoms with Crippen molar-refractivity contribution in [2.24, 2.45) is 5.41 Å². The van der Waals surface area contributed by atoms with Crippen LogP contribution in [0.3, 0.4) is 0 Å². The van der Waals surface area contributed by atoms with Gasteiger partial charge < -0.3 is 5.11 Å². The lowest BCUT2D eigenvalue weighted by atomic mass is 9.79. The highest BCUT2D eigenvalue weighted by Gasteiger charge is 2.29. The average Bonchev–Trinajstić information content (AvgIpc) is 2.29. The summed E-state index contributed by atoms with van der Waals surface area (Å²) < 4.78 is 0. The minimum absolute atomic E-state index is 0.00694. The lowest BCUT2D eigenvalue weighted by molar-refractivity contribution is -0.0238. The van der Waals surface area contributed by atoms with Crippen LogP contribution in [0.2, 0.25) is 0 Å². The largest absolute Gasteiger partial charge is 0.390 e. The molecule has 1 heteroatoms. The summed E-state index contributed by atoms with van der Waals surface area (Å²) in [7, 11) is 0. The van der Waals surface area contributed by atoms with Crippen molar-refractivity contribution in [3.63, 3.8) is 0 Å². The molecule has 0 unspecified atom stereocenters. The van der Waals surface area contributed by atoms with E-state index in [-0.39, 0.29) is 5.41 Å². The summed E-state index contributed by atoms with van der Waals surface area (Å²) in [6.07, 6.45) is 0. The number of benzene rings is 2. The predicted octanol–water partition coefficient (Wildman–Crippen LogP) is 5.26. The van der Waals surface area contributed by atoms with Crippen LogP contribution in [-0.2, 0) is 0 Å². The molecule has 2 aromatic carbocycles. The highest BCUT2D eigenvalue weighted by molar-refractivity contribution is 5.88. The zero-order valence-electron chi connectivity index (χ0n) is 13.9. The second kappa shape index (κ2) is 5.97. The quantitative estimate of drug-likeness (QED) is 0.693. The minimum atomic E-state index is -0.562. The molecule has 0 amide bonds. The first-order valence-electron chi connectivity index (χ1n) is 7.21. The van der Waals surface area contributed by atoms with E-state index in [1.165, 1.54) is 21.9 Å². The van der Waals surface area contributed by atoms with E-state index in [1.54, 1.807) is 0 Å². The maximum absolute atomic E-state index is 9.35. The van der Waals surface area contributed by atoms with Gasteiger partial charge in [0, 0.05) is 0 Å². The lowest BCUT2D eigenvalue weighted by Gasteiger charge is -2.33. The Morgan fingerprint density at radius 2 is 1.00 bits per heavy atom. The van der Waals surface area contributed by atoms with Crippen LogP contribution in [0.1, 0.15) is 45.7 Å². The highest BCUT2D eigenvalue weighted by Crippen LogP contribution is 2.28. The fourth-order valence-electron chi connectivity index (χ4n) is 1.62. The number of rotatable bonds is 0. The second-order valence-corrected chi connectivity index (χ2v) is 7.05. The molecule has 0 saturated heterocycles. The number of hydrogen-bond acceptors (Lipinski definition) is 1. The van der Waals surface area contributed by atoms with E-state index < -0.39 is 5.60 Å². The SMILES string of the molecule is CC(C)(C)C(C)(C)O.Cc1cccc2c(C)cccc12. The van der Waals surface area contributed by atoms with E-state index in [2.05, 4.69) is 50.2 Å². The van der Waals surface area contributed by atoms with Crippen LogP contribution in [0.4, 0.5) is 0 Å². The van der Waals surface area contributed by atoms with Crippen LogP contribution < -0.4 is 0 Å². The molecule has 0 atom stereocenters. The summed E-state index contributed by atoms with van der Waals surface area (Å²) in [5.74, 6) is 0. The number of hydrogen-bond donors (Lipinski definition) is 1. The molecule has 0 radical (unpaired) electrons. The van der Waals surface area contributed by atoms with Crippen LogP contribution in [0.15, 0.2) is 36.4 Å². The minimum Gasteiger partial charge on any atom is -0.390 e. The highest BCUT2D eigenvalue weighted by atomic mass is 16.3. The molecular weight excluding hydrogens is 244 g/mol. The topological polar surface area (TPSA) is 20.2 Å². The normalized spacial score (nSPS) is 12.0. The Balaban J connectivity index is 0.000000221. The molecule has 0 bridgehead atoms. The Bertz CT molecular complexity index is 515. The summed E-state index contributed by atoms with van der Waals surface area (Å²) in [6.45, 7) is 14.0. The van der Waals surface area contributed by atoms with Gasteiger partial charge in [0.2, 0.25) is 0 Å². The Morgan fingerprint density at radius 3 is 1.25 bits per heavy atom. The van der Waals surface area contributed by atoms with Crippen molar-refractivity contribution in [1.82, 2.24) is 0 Å². The number of aryl methyl sites for hydroxylation is 2. The van der Waals surface area contributed by atoms with Gasteiger partial charge in [-0.1, -0.05) is 57.2 Å². The maximum atomic E-state index is 9.35. The summed E-state index contributed by atoms with van der Waals surface area (Å²) >= 11 is 0. The first-order chi connectivity index (χ1) is 9.04. The molecule has 0 heterocycles. The second-order valence-electron chi connectivity index (χ2n) is 7.05. The molecule has 1 N–H and O–H groups in total. The van der Waals surface area contributed by atoms with Gasteiger partial charge in [0.05, 0.1) is 5.60 Å². The van der Waals surface area contributed by atoms with E-state index in [0.717, 1.165) is 0 Å². The van der Waals surface area contributed by atoms with E-state index in [9.17, 15) is 5.11 Å². The summed E-state index contributed by atoms with van der Waals surface area (Å²) in [6, 6.07) is 12.9. The molecule has 2 rings (SSSR count). The third-order valence-electron chi connectivity index (χ3n) is 4.19. The van der Waals surface area contributed by atoms with Crippen LogP contribution >= 0.6 is 0 Å². The van der Waals surface area contributed by atoms with Crippen LogP contribution in [0, 0.1) is 19.3 Å². The van der Waals surface area contributed by atoms with Crippen LogP contribution in [0.25, 0.3) is 10.8 Å². The average molecular weight is 272 g/mol. The Morgan fingerprint density at radius 1 is 0.700 bits per heavy atom. The van der Waals surface area contributed by atoms with Gasteiger partial charge in [-0.15, -0.1) is 0 Å².